The number of nitrogens with two attached hydrogens (primary N) is 2. The van der Waals surface area contributed by atoms with Crippen LogP contribution < -0.4 is 16.8 Å². The average molecular weight is 203 g/mol. The summed E-state index contributed by atoms with van der Waals surface area (Å²) in [5, 5.41) is 10.9. The Morgan fingerprint density at radius 2 is 2.07 bits per heavy atom. The van der Waals surface area contributed by atoms with Crippen LogP contribution in [0.15, 0.2) is 0 Å². The normalized spacial score (nSPS) is 12.1. The summed E-state index contributed by atoms with van der Waals surface area (Å²) in [6.45, 7) is 0.702. The number of aliphatic carboxylic acids is 1. The fraction of sp³-hybridized carbons (Fsp3) is 0.750. The van der Waals surface area contributed by atoms with Gasteiger partial charge in [-0.3, -0.25) is 9.59 Å². The number of rotatable bonds is 7. The molecule has 0 aliphatic heterocycles. The Labute approximate surface area is 82.6 Å². The Hall–Kier alpha value is -1.14. The third-order valence-corrected chi connectivity index (χ3v) is 1.68. The number of nitrogens with one attached hydrogen (secondary N) is 1. The minimum Gasteiger partial charge on any atom is -0.481 e. The van der Waals surface area contributed by atoms with Crippen molar-refractivity contribution >= 4 is 11.9 Å². The molecule has 1 amide bonds. The number of hydrogen-bond acceptors (Lipinski definition) is 4. The van der Waals surface area contributed by atoms with Gasteiger partial charge < -0.3 is 21.9 Å². The van der Waals surface area contributed by atoms with Crippen molar-refractivity contribution in [3.8, 4) is 0 Å². The highest BCUT2D eigenvalue weighted by atomic mass is 16.4. The topological polar surface area (TPSA) is 118 Å². The van der Waals surface area contributed by atoms with Gasteiger partial charge in [0.1, 0.15) is 0 Å². The molecule has 0 bridgehead atoms. The summed E-state index contributed by atoms with van der Waals surface area (Å²) in [7, 11) is 0. The second kappa shape index (κ2) is 7.28. The monoisotopic (exact) mass is 203 g/mol. The molecule has 6 N–H and O–H groups in total. The second-order valence-electron chi connectivity index (χ2n) is 2.97. The van der Waals surface area contributed by atoms with E-state index in [1.54, 1.807) is 0 Å². The van der Waals surface area contributed by atoms with E-state index in [1.807, 2.05) is 0 Å². The zero-order valence-corrected chi connectivity index (χ0v) is 8.03. The Kier molecular flexibility index (Phi) is 6.69. The van der Waals surface area contributed by atoms with Gasteiger partial charge in [-0.2, -0.15) is 0 Å². The molecule has 0 saturated carbocycles. The fourth-order valence-corrected chi connectivity index (χ4v) is 0.893. The van der Waals surface area contributed by atoms with Crippen LogP contribution in [0.4, 0.5) is 0 Å². The van der Waals surface area contributed by atoms with Crippen LogP contribution in [-0.4, -0.2) is 36.1 Å². The molecule has 0 aromatic rings. The quantitative estimate of drug-likeness (QED) is 0.381. The average Bonchev–Trinajstić information content (AvgIpc) is 2.12. The van der Waals surface area contributed by atoms with Gasteiger partial charge in [0.05, 0.1) is 6.04 Å². The predicted octanol–water partition coefficient (Wildman–Crippen LogP) is -1.36. The molecule has 0 aromatic heterocycles. The van der Waals surface area contributed by atoms with Crippen LogP contribution in [0.1, 0.15) is 19.3 Å². The Bertz CT molecular complexity index is 196. The van der Waals surface area contributed by atoms with Gasteiger partial charge in [0.2, 0.25) is 5.91 Å². The third kappa shape index (κ3) is 6.38. The van der Waals surface area contributed by atoms with Crippen molar-refractivity contribution in [3.05, 3.63) is 0 Å². The number of carbonyl (C=O) groups is 2. The maximum atomic E-state index is 11.1. The third-order valence-electron chi connectivity index (χ3n) is 1.68. The van der Waals surface area contributed by atoms with Crippen molar-refractivity contribution in [2.75, 3.05) is 13.1 Å². The number of carboxylic acids is 1. The molecule has 0 saturated heterocycles. The molecule has 1 unspecified atom stereocenters. The van der Waals surface area contributed by atoms with Gasteiger partial charge in [0, 0.05) is 13.0 Å². The molecule has 6 nitrogen and oxygen atoms in total. The predicted molar refractivity (Wildman–Crippen MR) is 51.5 cm³/mol. The molecule has 82 valence electrons. The molecule has 14 heavy (non-hydrogen) atoms. The van der Waals surface area contributed by atoms with Crippen LogP contribution in [0.5, 0.6) is 0 Å². The van der Waals surface area contributed by atoms with Gasteiger partial charge in [-0.15, -0.1) is 0 Å². The van der Waals surface area contributed by atoms with E-state index in [-0.39, 0.29) is 12.3 Å². The van der Waals surface area contributed by atoms with Crippen molar-refractivity contribution in [1.82, 2.24) is 5.32 Å². The van der Waals surface area contributed by atoms with Crippen LogP contribution in [0.25, 0.3) is 0 Å². The lowest BCUT2D eigenvalue weighted by Crippen LogP contribution is -2.42. The maximum Gasteiger partial charge on any atom is 0.303 e. The van der Waals surface area contributed by atoms with Crippen molar-refractivity contribution in [1.29, 1.82) is 0 Å². The second-order valence-corrected chi connectivity index (χ2v) is 2.97. The molecular weight excluding hydrogens is 186 g/mol. The first-order valence-corrected chi connectivity index (χ1v) is 4.53. The Morgan fingerprint density at radius 1 is 1.43 bits per heavy atom. The highest BCUT2D eigenvalue weighted by Gasteiger charge is 2.11. The molecule has 0 fully saturated rings. The summed E-state index contributed by atoms with van der Waals surface area (Å²) in [5.74, 6) is -1.15. The van der Waals surface area contributed by atoms with Crippen molar-refractivity contribution in [2.24, 2.45) is 11.5 Å². The highest BCUT2D eigenvalue weighted by molar-refractivity contribution is 5.81. The van der Waals surface area contributed by atoms with Gasteiger partial charge in [0.15, 0.2) is 0 Å². The lowest BCUT2D eigenvalue weighted by molar-refractivity contribution is -0.137. The molecule has 0 rings (SSSR count). The largest absolute Gasteiger partial charge is 0.481 e. The van der Waals surface area contributed by atoms with E-state index in [0.717, 1.165) is 0 Å². The Balaban J connectivity index is 3.48. The Morgan fingerprint density at radius 3 is 2.57 bits per heavy atom. The van der Waals surface area contributed by atoms with Crippen LogP contribution in [0.3, 0.4) is 0 Å². The van der Waals surface area contributed by atoms with Crippen molar-refractivity contribution in [3.63, 3.8) is 0 Å². The summed E-state index contributed by atoms with van der Waals surface area (Å²) in [6.07, 6.45) is 0.896. The number of carboxylic acid groups (broad SMARTS) is 1. The van der Waals surface area contributed by atoms with Crippen LogP contribution in [0.2, 0.25) is 0 Å². The molecule has 0 radical (unpaired) electrons. The van der Waals surface area contributed by atoms with Crippen molar-refractivity contribution < 1.29 is 14.7 Å². The summed E-state index contributed by atoms with van der Waals surface area (Å²) in [4.78, 5) is 21.3. The molecule has 0 aliphatic rings. The summed E-state index contributed by atoms with van der Waals surface area (Å²) >= 11 is 0. The van der Waals surface area contributed by atoms with Crippen LogP contribution in [0, 0.1) is 0 Å². The minimum absolute atomic E-state index is 0.0480. The van der Waals surface area contributed by atoms with Crippen LogP contribution >= 0.6 is 0 Å². The van der Waals surface area contributed by atoms with E-state index in [4.69, 9.17) is 16.6 Å². The van der Waals surface area contributed by atoms with Gasteiger partial charge >= 0.3 is 5.97 Å². The summed E-state index contributed by atoms with van der Waals surface area (Å²) < 4.78 is 0. The SMILES string of the molecule is NCCC(N)C(=O)NCCCC(=O)O. The van der Waals surface area contributed by atoms with Gasteiger partial charge in [-0.05, 0) is 19.4 Å². The molecule has 0 aliphatic carbocycles. The fourth-order valence-electron chi connectivity index (χ4n) is 0.893. The number of amides is 1. The molecule has 1 atom stereocenters. The molecule has 0 aromatic carbocycles. The first-order chi connectivity index (χ1) is 6.57. The van der Waals surface area contributed by atoms with E-state index in [0.29, 0.717) is 25.9 Å². The zero-order chi connectivity index (χ0) is 11.0. The van der Waals surface area contributed by atoms with Gasteiger partial charge in [-0.1, -0.05) is 0 Å². The lowest BCUT2D eigenvalue weighted by Gasteiger charge is -2.10. The smallest absolute Gasteiger partial charge is 0.303 e. The van der Waals surface area contributed by atoms with Gasteiger partial charge in [0.25, 0.3) is 0 Å². The van der Waals surface area contributed by atoms with E-state index in [2.05, 4.69) is 5.32 Å². The van der Waals surface area contributed by atoms with E-state index in [1.165, 1.54) is 0 Å². The van der Waals surface area contributed by atoms with E-state index < -0.39 is 12.0 Å². The lowest BCUT2D eigenvalue weighted by atomic mass is 10.2. The highest BCUT2D eigenvalue weighted by Crippen LogP contribution is 1.89. The minimum atomic E-state index is -0.870. The number of carbonyl (C=O) groups excluding carboxylic acids is 1. The first-order valence-electron chi connectivity index (χ1n) is 4.53. The maximum absolute atomic E-state index is 11.1. The molecule has 6 heteroatoms. The molecule has 0 heterocycles. The molecular formula is C8H17N3O3. The van der Waals surface area contributed by atoms with E-state index in [9.17, 15) is 9.59 Å². The van der Waals surface area contributed by atoms with Crippen LogP contribution in [-0.2, 0) is 9.59 Å². The summed E-state index contributed by atoms with van der Waals surface area (Å²) in [6, 6.07) is -0.593. The summed E-state index contributed by atoms with van der Waals surface area (Å²) in [5.41, 5.74) is 10.7. The standard InChI is InChI=1S/C8H17N3O3/c9-4-3-6(10)8(14)11-5-1-2-7(12)13/h6H,1-5,9-10H2,(H,11,14)(H,12,13). The number of hydrogen-bond donors (Lipinski definition) is 4. The zero-order valence-electron chi connectivity index (χ0n) is 8.03. The first kappa shape index (κ1) is 12.9. The van der Waals surface area contributed by atoms with Gasteiger partial charge in [-0.25, -0.2) is 0 Å². The molecule has 0 spiro atoms. The van der Waals surface area contributed by atoms with E-state index >= 15 is 0 Å². The van der Waals surface area contributed by atoms with Crippen molar-refractivity contribution in [2.45, 2.75) is 25.3 Å².